The van der Waals surface area contributed by atoms with Crippen molar-refractivity contribution in [2.24, 2.45) is 0 Å². The van der Waals surface area contributed by atoms with Gasteiger partial charge >= 0.3 is 0 Å². The summed E-state index contributed by atoms with van der Waals surface area (Å²) in [7, 11) is 0. The second-order valence-electron chi connectivity index (χ2n) is 2.27. The minimum Gasteiger partial charge on any atom is -0.384 e. The lowest BCUT2D eigenvalue weighted by Crippen LogP contribution is -1.85. The van der Waals surface area contributed by atoms with E-state index >= 15 is 0 Å². The Morgan fingerprint density at radius 3 is 2.85 bits per heavy atom. The fourth-order valence-corrected chi connectivity index (χ4v) is 0.825. The van der Waals surface area contributed by atoms with Crippen molar-refractivity contribution in [3.05, 3.63) is 35.1 Å². The van der Waals surface area contributed by atoms with Crippen molar-refractivity contribution in [3.63, 3.8) is 0 Å². The minimum absolute atomic E-state index is 0.133. The number of nitriles is 1. The Kier molecular flexibility index (Phi) is 3.03. The first-order valence-electron chi connectivity index (χ1n) is 3.57. The number of aliphatic hydroxyl groups excluding tert-OH is 1. The Bertz CT molecular complexity index is 409. The van der Waals surface area contributed by atoms with Gasteiger partial charge in [-0.2, -0.15) is 5.26 Å². The third-order valence-electron chi connectivity index (χ3n) is 1.40. The highest BCUT2D eigenvalue weighted by Crippen LogP contribution is 2.08. The predicted molar refractivity (Wildman–Crippen MR) is 45.1 cm³/mol. The van der Waals surface area contributed by atoms with Crippen LogP contribution >= 0.6 is 0 Å². The largest absolute Gasteiger partial charge is 0.384 e. The molecule has 0 saturated carbocycles. The molecule has 0 amide bonds. The van der Waals surface area contributed by atoms with Gasteiger partial charge in [-0.3, -0.25) is 0 Å². The Morgan fingerprint density at radius 1 is 1.46 bits per heavy atom. The Hall–Kier alpha value is -1.84. The maximum Gasteiger partial charge on any atom is 0.138 e. The van der Waals surface area contributed by atoms with E-state index in [0.29, 0.717) is 5.56 Å². The van der Waals surface area contributed by atoms with Crippen LogP contribution in [0.25, 0.3) is 0 Å². The lowest BCUT2D eigenvalue weighted by atomic mass is 10.1. The van der Waals surface area contributed by atoms with Crippen LogP contribution in [-0.4, -0.2) is 11.7 Å². The van der Waals surface area contributed by atoms with E-state index in [9.17, 15) is 4.39 Å². The van der Waals surface area contributed by atoms with Crippen molar-refractivity contribution in [2.75, 3.05) is 6.61 Å². The number of aliphatic hydroxyl groups is 1. The van der Waals surface area contributed by atoms with E-state index in [4.69, 9.17) is 10.4 Å². The highest BCUT2D eigenvalue weighted by Gasteiger charge is 1.99. The highest BCUT2D eigenvalue weighted by atomic mass is 19.1. The number of hydrogen-bond acceptors (Lipinski definition) is 2. The molecule has 1 rings (SSSR count). The fraction of sp³-hybridized carbons (Fsp3) is 0.100. The molecule has 1 aromatic rings. The molecule has 0 aliphatic rings. The van der Waals surface area contributed by atoms with Gasteiger partial charge in [0.2, 0.25) is 0 Å². The summed E-state index contributed by atoms with van der Waals surface area (Å²) < 4.78 is 12.9. The monoisotopic (exact) mass is 175 g/mol. The summed E-state index contributed by atoms with van der Waals surface area (Å²) in [6.45, 7) is -0.323. The molecule has 0 aliphatic heterocycles. The van der Waals surface area contributed by atoms with Gasteiger partial charge in [0.05, 0.1) is 17.2 Å². The molecule has 0 saturated heterocycles. The standard InChI is InChI=1S/C10H6FNO/c11-10-4-3-8(7-12)6-9(10)2-1-5-13/h3-4,6,13H,5H2. The zero-order chi connectivity index (χ0) is 9.68. The van der Waals surface area contributed by atoms with Gasteiger partial charge in [-0.25, -0.2) is 4.39 Å². The number of benzene rings is 1. The molecule has 0 bridgehead atoms. The van der Waals surface area contributed by atoms with Crippen molar-refractivity contribution in [1.82, 2.24) is 0 Å². The maximum atomic E-state index is 12.9. The van der Waals surface area contributed by atoms with Crippen LogP contribution in [-0.2, 0) is 0 Å². The molecule has 13 heavy (non-hydrogen) atoms. The van der Waals surface area contributed by atoms with Gasteiger partial charge in [0.25, 0.3) is 0 Å². The molecule has 0 fully saturated rings. The normalized spacial score (nSPS) is 8.38. The Labute approximate surface area is 75.2 Å². The van der Waals surface area contributed by atoms with Gasteiger partial charge in [-0.05, 0) is 18.2 Å². The molecule has 0 aromatic heterocycles. The van der Waals surface area contributed by atoms with Crippen molar-refractivity contribution in [1.29, 1.82) is 5.26 Å². The first kappa shape index (κ1) is 9.25. The second kappa shape index (κ2) is 4.25. The highest BCUT2D eigenvalue weighted by molar-refractivity contribution is 5.42. The third kappa shape index (κ3) is 2.30. The van der Waals surface area contributed by atoms with Gasteiger partial charge in [-0.15, -0.1) is 0 Å². The molecule has 1 aromatic carbocycles. The maximum absolute atomic E-state index is 12.9. The van der Waals surface area contributed by atoms with E-state index in [-0.39, 0.29) is 12.2 Å². The topological polar surface area (TPSA) is 44.0 Å². The molecule has 64 valence electrons. The van der Waals surface area contributed by atoms with Crippen LogP contribution in [0.15, 0.2) is 18.2 Å². The summed E-state index contributed by atoms with van der Waals surface area (Å²) in [6, 6.07) is 5.77. The first-order valence-corrected chi connectivity index (χ1v) is 3.57. The third-order valence-corrected chi connectivity index (χ3v) is 1.40. The van der Waals surface area contributed by atoms with Crippen LogP contribution in [0.1, 0.15) is 11.1 Å². The average Bonchev–Trinajstić information content (AvgIpc) is 2.17. The van der Waals surface area contributed by atoms with Crippen LogP contribution in [0.5, 0.6) is 0 Å². The molecule has 0 spiro atoms. The number of hydrogen-bond donors (Lipinski definition) is 1. The van der Waals surface area contributed by atoms with E-state index in [2.05, 4.69) is 11.8 Å². The SMILES string of the molecule is N#Cc1ccc(F)c(C#CCO)c1. The molecular formula is C10H6FNO. The van der Waals surface area contributed by atoms with Crippen molar-refractivity contribution < 1.29 is 9.50 Å². The number of rotatable bonds is 0. The van der Waals surface area contributed by atoms with E-state index < -0.39 is 5.82 Å². The van der Waals surface area contributed by atoms with Crippen LogP contribution in [0.2, 0.25) is 0 Å². The molecular weight excluding hydrogens is 169 g/mol. The average molecular weight is 175 g/mol. The van der Waals surface area contributed by atoms with E-state index in [1.165, 1.54) is 18.2 Å². The molecule has 2 nitrogen and oxygen atoms in total. The zero-order valence-electron chi connectivity index (χ0n) is 6.71. The zero-order valence-corrected chi connectivity index (χ0v) is 6.71. The van der Waals surface area contributed by atoms with Gasteiger partial charge in [0.15, 0.2) is 0 Å². The molecule has 0 heterocycles. The van der Waals surface area contributed by atoms with Gasteiger partial charge in [0, 0.05) is 0 Å². The quantitative estimate of drug-likeness (QED) is 0.599. The van der Waals surface area contributed by atoms with E-state index in [1.807, 2.05) is 6.07 Å². The molecule has 0 unspecified atom stereocenters. The van der Waals surface area contributed by atoms with E-state index in [0.717, 1.165) is 0 Å². The number of nitrogens with zero attached hydrogens (tertiary/aromatic N) is 1. The van der Waals surface area contributed by atoms with Gasteiger partial charge in [0.1, 0.15) is 12.4 Å². The van der Waals surface area contributed by atoms with Gasteiger partial charge < -0.3 is 5.11 Å². The summed E-state index contributed by atoms with van der Waals surface area (Å²) >= 11 is 0. The molecule has 3 heteroatoms. The molecule has 0 radical (unpaired) electrons. The van der Waals surface area contributed by atoms with E-state index in [1.54, 1.807) is 0 Å². The Morgan fingerprint density at radius 2 is 2.23 bits per heavy atom. The molecule has 0 atom stereocenters. The first-order chi connectivity index (χ1) is 6.27. The fourth-order valence-electron chi connectivity index (χ4n) is 0.825. The molecule has 0 aliphatic carbocycles. The van der Waals surface area contributed by atoms with Crippen LogP contribution < -0.4 is 0 Å². The molecule has 1 N–H and O–H groups in total. The summed E-state index contributed by atoms with van der Waals surface area (Å²) in [5.41, 5.74) is 0.483. The van der Waals surface area contributed by atoms with Crippen LogP contribution in [0.3, 0.4) is 0 Å². The summed E-state index contributed by atoms with van der Waals surface area (Å²) in [6.07, 6.45) is 0. The van der Waals surface area contributed by atoms with Crippen molar-refractivity contribution in [3.8, 4) is 17.9 Å². The summed E-state index contributed by atoms with van der Waals surface area (Å²) in [5.74, 6) is 4.24. The summed E-state index contributed by atoms with van der Waals surface area (Å²) in [4.78, 5) is 0. The van der Waals surface area contributed by atoms with Crippen LogP contribution in [0, 0.1) is 29.0 Å². The lowest BCUT2D eigenvalue weighted by Gasteiger charge is -1.93. The second-order valence-corrected chi connectivity index (χ2v) is 2.27. The van der Waals surface area contributed by atoms with Crippen LogP contribution in [0.4, 0.5) is 4.39 Å². The Balaban J connectivity index is 3.13. The minimum atomic E-state index is -0.486. The van der Waals surface area contributed by atoms with Crippen molar-refractivity contribution >= 4 is 0 Å². The van der Waals surface area contributed by atoms with Crippen molar-refractivity contribution in [2.45, 2.75) is 0 Å². The van der Waals surface area contributed by atoms with Gasteiger partial charge in [-0.1, -0.05) is 11.8 Å². The predicted octanol–water partition coefficient (Wildman–Crippen LogP) is 1.04. The number of halogens is 1. The lowest BCUT2D eigenvalue weighted by molar-refractivity contribution is 0.350. The smallest absolute Gasteiger partial charge is 0.138 e. The summed E-state index contributed by atoms with van der Waals surface area (Å²) in [5, 5.41) is 16.9.